The van der Waals surface area contributed by atoms with Crippen molar-refractivity contribution in [2.24, 2.45) is 0 Å². The molecule has 0 spiro atoms. The molecule has 0 fully saturated rings. The standard InChI is InChI=1S/C16H16N2O3S/c1-21-16(20)13-11-4-2-3-5-12(11)22-15(13)18-14(19)10-6-8-17-9-7-10/h6-9H,2-5H2,1H3,(H,18,19). The number of nitrogens with one attached hydrogen (secondary N) is 1. The highest BCUT2D eigenvalue weighted by atomic mass is 32.1. The number of aryl methyl sites for hydroxylation is 1. The van der Waals surface area contributed by atoms with Gasteiger partial charge >= 0.3 is 5.97 Å². The van der Waals surface area contributed by atoms with Gasteiger partial charge in [0.1, 0.15) is 5.00 Å². The molecule has 22 heavy (non-hydrogen) atoms. The van der Waals surface area contributed by atoms with Crippen LogP contribution in [-0.4, -0.2) is 24.0 Å². The summed E-state index contributed by atoms with van der Waals surface area (Å²) < 4.78 is 4.90. The van der Waals surface area contributed by atoms with Gasteiger partial charge in [-0.2, -0.15) is 0 Å². The average molecular weight is 316 g/mol. The monoisotopic (exact) mass is 316 g/mol. The zero-order chi connectivity index (χ0) is 15.5. The minimum Gasteiger partial charge on any atom is -0.465 e. The van der Waals surface area contributed by atoms with Crippen LogP contribution in [0.5, 0.6) is 0 Å². The molecule has 2 aromatic rings. The quantitative estimate of drug-likeness (QED) is 0.884. The van der Waals surface area contributed by atoms with Crippen molar-refractivity contribution in [2.75, 3.05) is 12.4 Å². The number of nitrogens with zero attached hydrogens (tertiary/aromatic N) is 1. The van der Waals surface area contributed by atoms with E-state index >= 15 is 0 Å². The van der Waals surface area contributed by atoms with Crippen LogP contribution in [0.15, 0.2) is 24.5 Å². The second-order valence-corrected chi connectivity index (χ2v) is 6.20. The first kappa shape index (κ1) is 14.7. The maximum Gasteiger partial charge on any atom is 0.341 e. The summed E-state index contributed by atoms with van der Waals surface area (Å²) in [4.78, 5) is 29.5. The first-order valence-electron chi connectivity index (χ1n) is 7.15. The molecular weight excluding hydrogens is 300 g/mol. The van der Waals surface area contributed by atoms with Gasteiger partial charge in [0.15, 0.2) is 0 Å². The van der Waals surface area contributed by atoms with E-state index < -0.39 is 0 Å². The zero-order valence-electron chi connectivity index (χ0n) is 12.2. The second kappa shape index (κ2) is 6.27. The predicted molar refractivity (Wildman–Crippen MR) is 84.5 cm³/mol. The van der Waals surface area contributed by atoms with Crippen LogP contribution in [0.4, 0.5) is 5.00 Å². The largest absolute Gasteiger partial charge is 0.465 e. The molecule has 6 heteroatoms. The molecule has 2 heterocycles. The molecule has 0 saturated carbocycles. The molecule has 1 amide bonds. The molecule has 3 rings (SSSR count). The normalized spacial score (nSPS) is 13.3. The van der Waals surface area contributed by atoms with Crippen LogP contribution in [0.3, 0.4) is 0 Å². The maximum absolute atomic E-state index is 12.3. The van der Waals surface area contributed by atoms with Crippen molar-refractivity contribution in [1.29, 1.82) is 0 Å². The van der Waals surface area contributed by atoms with E-state index in [0.29, 0.717) is 16.1 Å². The van der Waals surface area contributed by atoms with E-state index in [1.54, 1.807) is 24.5 Å². The predicted octanol–water partition coefficient (Wildman–Crippen LogP) is 3.06. The lowest BCUT2D eigenvalue weighted by molar-refractivity contribution is 0.0601. The van der Waals surface area contributed by atoms with E-state index in [-0.39, 0.29) is 11.9 Å². The van der Waals surface area contributed by atoms with Crippen molar-refractivity contribution in [2.45, 2.75) is 25.7 Å². The molecule has 0 atom stereocenters. The molecule has 1 N–H and O–H groups in total. The highest BCUT2D eigenvalue weighted by molar-refractivity contribution is 7.17. The molecule has 114 valence electrons. The first-order chi connectivity index (χ1) is 10.7. The van der Waals surface area contributed by atoms with Crippen molar-refractivity contribution < 1.29 is 14.3 Å². The Hall–Kier alpha value is -2.21. The number of esters is 1. The van der Waals surface area contributed by atoms with Gasteiger partial charge in [-0.05, 0) is 43.4 Å². The SMILES string of the molecule is COC(=O)c1c(NC(=O)c2ccncc2)sc2c1CCCC2. The summed E-state index contributed by atoms with van der Waals surface area (Å²) in [5.41, 5.74) is 2.06. The summed E-state index contributed by atoms with van der Waals surface area (Å²) in [5, 5.41) is 3.43. The molecule has 1 aliphatic rings. The van der Waals surface area contributed by atoms with Gasteiger partial charge in [0.05, 0.1) is 12.7 Å². The van der Waals surface area contributed by atoms with E-state index in [1.807, 2.05) is 0 Å². The van der Waals surface area contributed by atoms with Crippen molar-refractivity contribution in [3.63, 3.8) is 0 Å². The van der Waals surface area contributed by atoms with Crippen LogP contribution in [0.25, 0.3) is 0 Å². The van der Waals surface area contributed by atoms with Gasteiger partial charge in [-0.25, -0.2) is 4.79 Å². The number of pyridine rings is 1. The van der Waals surface area contributed by atoms with Gasteiger partial charge < -0.3 is 10.1 Å². The Morgan fingerprint density at radius 2 is 1.95 bits per heavy atom. The minimum atomic E-state index is -0.385. The first-order valence-corrected chi connectivity index (χ1v) is 7.96. The molecule has 5 nitrogen and oxygen atoms in total. The number of anilines is 1. The number of hydrogen-bond donors (Lipinski definition) is 1. The Morgan fingerprint density at radius 1 is 1.23 bits per heavy atom. The molecule has 2 aromatic heterocycles. The van der Waals surface area contributed by atoms with E-state index in [1.165, 1.54) is 23.3 Å². The zero-order valence-corrected chi connectivity index (χ0v) is 13.0. The Labute approximate surface area is 132 Å². The van der Waals surface area contributed by atoms with Gasteiger partial charge in [-0.1, -0.05) is 0 Å². The third-order valence-electron chi connectivity index (χ3n) is 3.73. The van der Waals surface area contributed by atoms with Crippen molar-refractivity contribution >= 4 is 28.2 Å². The molecule has 0 aromatic carbocycles. The lowest BCUT2D eigenvalue weighted by Gasteiger charge is -2.11. The maximum atomic E-state index is 12.3. The molecule has 0 saturated heterocycles. The molecule has 0 radical (unpaired) electrons. The number of ether oxygens (including phenoxy) is 1. The number of fused-ring (bicyclic) bond motifs is 1. The molecule has 0 bridgehead atoms. The summed E-state index contributed by atoms with van der Waals surface area (Å²) in [6, 6.07) is 3.28. The number of thiophene rings is 1. The molecule has 1 aliphatic carbocycles. The molecule has 0 aliphatic heterocycles. The summed E-state index contributed by atoms with van der Waals surface area (Å²) in [6.07, 6.45) is 7.12. The van der Waals surface area contributed by atoms with Gasteiger partial charge in [0.2, 0.25) is 0 Å². The average Bonchev–Trinajstić information content (AvgIpc) is 2.92. The van der Waals surface area contributed by atoms with Gasteiger partial charge in [0.25, 0.3) is 5.91 Å². The molecular formula is C16H16N2O3S. The van der Waals surface area contributed by atoms with Crippen LogP contribution in [0.2, 0.25) is 0 Å². The Morgan fingerprint density at radius 3 is 2.68 bits per heavy atom. The topological polar surface area (TPSA) is 68.3 Å². The third-order valence-corrected chi connectivity index (χ3v) is 4.94. The second-order valence-electron chi connectivity index (χ2n) is 5.10. The Kier molecular flexibility index (Phi) is 4.20. The van der Waals surface area contributed by atoms with Crippen LogP contribution in [0.1, 0.15) is 44.0 Å². The highest BCUT2D eigenvalue weighted by Crippen LogP contribution is 2.38. The lowest BCUT2D eigenvalue weighted by Crippen LogP contribution is -2.15. The Balaban J connectivity index is 1.94. The van der Waals surface area contributed by atoms with E-state index in [9.17, 15) is 9.59 Å². The van der Waals surface area contributed by atoms with E-state index in [0.717, 1.165) is 31.2 Å². The third kappa shape index (κ3) is 2.74. The molecule has 0 unspecified atom stereocenters. The number of carbonyl (C=O) groups is 2. The smallest absolute Gasteiger partial charge is 0.341 e. The van der Waals surface area contributed by atoms with Crippen molar-refractivity contribution in [3.8, 4) is 0 Å². The minimum absolute atomic E-state index is 0.244. The Bertz CT molecular complexity index is 710. The number of carbonyl (C=O) groups excluding carboxylic acids is 2. The summed E-state index contributed by atoms with van der Waals surface area (Å²) in [6.45, 7) is 0. The van der Waals surface area contributed by atoms with Gasteiger partial charge in [-0.3, -0.25) is 9.78 Å². The van der Waals surface area contributed by atoms with E-state index in [2.05, 4.69) is 10.3 Å². The van der Waals surface area contributed by atoms with Gasteiger partial charge in [-0.15, -0.1) is 11.3 Å². The van der Waals surface area contributed by atoms with Crippen molar-refractivity contribution in [3.05, 3.63) is 46.1 Å². The van der Waals surface area contributed by atoms with Crippen LogP contribution in [-0.2, 0) is 17.6 Å². The summed E-state index contributed by atoms with van der Waals surface area (Å²) >= 11 is 1.48. The van der Waals surface area contributed by atoms with E-state index in [4.69, 9.17) is 4.74 Å². The fraction of sp³-hybridized carbons (Fsp3) is 0.312. The number of aromatic nitrogens is 1. The van der Waals surface area contributed by atoms with Crippen LogP contribution < -0.4 is 5.32 Å². The lowest BCUT2D eigenvalue weighted by atomic mass is 9.95. The number of amides is 1. The number of hydrogen-bond acceptors (Lipinski definition) is 5. The number of rotatable bonds is 3. The highest BCUT2D eigenvalue weighted by Gasteiger charge is 2.27. The summed E-state index contributed by atoms with van der Waals surface area (Å²) in [7, 11) is 1.36. The van der Waals surface area contributed by atoms with Crippen LogP contribution >= 0.6 is 11.3 Å². The number of methoxy groups -OCH3 is 1. The van der Waals surface area contributed by atoms with Gasteiger partial charge in [0, 0.05) is 22.8 Å². The van der Waals surface area contributed by atoms with Crippen LogP contribution in [0, 0.1) is 0 Å². The fourth-order valence-corrected chi connectivity index (χ4v) is 3.92. The van der Waals surface area contributed by atoms with Crippen molar-refractivity contribution in [1.82, 2.24) is 4.98 Å². The fourth-order valence-electron chi connectivity index (χ4n) is 2.65. The summed E-state index contributed by atoms with van der Waals surface area (Å²) in [5.74, 6) is -0.629.